The van der Waals surface area contributed by atoms with E-state index >= 15 is 0 Å². The average Bonchev–Trinajstić information content (AvgIpc) is 2.98. The molecule has 0 atom stereocenters. The van der Waals surface area contributed by atoms with Gasteiger partial charge in [-0.25, -0.2) is 4.98 Å². The number of aromatic amines is 1. The molecule has 0 bridgehead atoms. The molecular weight excluding hydrogens is 278 g/mol. The number of para-hydroxylation sites is 1. The van der Waals surface area contributed by atoms with Gasteiger partial charge in [0.15, 0.2) is 11.5 Å². The Labute approximate surface area is 128 Å². The van der Waals surface area contributed by atoms with Crippen molar-refractivity contribution >= 4 is 11.0 Å². The van der Waals surface area contributed by atoms with Gasteiger partial charge in [-0.2, -0.15) is 0 Å². The summed E-state index contributed by atoms with van der Waals surface area (Å²) in [5.74, 6) is 4.40. The smallest absolute Gasteiger partial charge is 0.172 e. The quantitative estimate of drug-likeness (QED) is 0.735. The van der Waals surface area contributed by atoms with Gasteiger partial charge in [-0.15, -0.1) is 6.42 Å². The number of terminal acetylenes is 1. The van der Waals surface area contributed by atoms with Gasteiger partial charge in [-0.3, -0.25) is 4.98 Å². The van der Waals surface area contributed by atoms with Gasteiger partial charge >= 0.3 is 0 Å². The van der Waals surface area contributed by atoms with Crippen molar-refractivity contribution in [3.63, 3.8) is 0 Å². The van der Waals surface area contributed by atoms with E-state index in [0.29, 0.717) is 23.9 Å². The van der Waals surface area contributed by atoms with E-state index in [1.165, 1.54) is 0 Å². The molecule has 0 spiro atoms. The molecule has 22 heavy (non-hydrogen) atoms. The van der Waals surface area contributed by atoms with Gasteiger partial charge in [0.05, 0.1) is 29.4 Å². The van der Waals surface area contributed by atoms with Gasteiger partial charge in [0.2, 0.25) is 0 Å². The van der Waals surface area contributed by atoms with E-state index in [1.807, 2.05) is 31.2 Å². The lowest BCUT2D eigenvalue weighted by Crippen LogP contribution is -2.01. The van der Waals surface area contributed by atoms with Gasteiger partial charge in [-0.05, 0) is 25.1 Å². The highest BCUT2D eigenvalue weighted by atomic mass is 16.5. The van der Waals surface area contributed by atoms with Gasteiger partial charge in [0, 0.05) is 6.20 Å². The fraction of sp³-hybridized carbons (Fsp3) is 0.176. The normalized spacial score (nSPS) is 10.4. The third-order valence-corrected chi connectivity index (χ3v) is 3.12. The molecule has 0 aliphatic rings. The van der Waals surface area contributed by atoms with Gasteiger partial charge in [0.25, 0.3) is 0 Å². The van der Waals surface area contributed by atoms with Crippen molar-refractivity contribution in [1.82, 2.24) is 15.0 Å². The summed E-state index contributed by atoms with van der Waals surface area (Å²) in [6.45, 7) is 2.63. The molecule has 0 radical (unpaired) electrons. The van der Waals surface area contributed by atoms with Crippen LogP contribution in [-0.4, -0.2) is 28.2 Å². The van der Waals surface area contributed by atoms with Crippen LogP contribution >= 0.6 is 0 Å². The van der Waals surface area contributed by atoms with E-state index in [2.05, 4.69) is 20.9 Å². The highest BCUT2D eigenvalue weighted by Crippen LogP contribution is 2.37. The Hall–Kier alpha value is -3.00. The third kappa shape index (κ3) is 2.59. The molecule has 110 valence electrons. The van der Waals surface area contributed by atoms with Gasteiger partial charge in [-0.1, -0.05) is 12.0 Å². The SMILES string of the molecule is C#CCOc1cccc(-c2nc3ccncc3[nH]2)c1OCC. The molecule has 3 aromatic rings. The van der Waals surface area contributed by atoms with Crippen molar-refractivity contribution in [2.45, 2.75) is 6.92 Å². The van der Waals surface area contributed by atoms with Crippen LogP contribution in [0.1, 0.15) is 6.92 Å². The summed E-state index contributed by atoms with van der Waals surface area (Å²) in [4.78, 5) is 11.9. The van der Waals surface area contributed by atoms with Crippen LogP contribution in [0.2, 0.25) is 0 Å². The second-order valence-corrected chi connectivity index (χ2v) is 4.54. The molecule has 0 saturated carbocycles. The first-order valence-corrected chi connectivity index (χ1v) is 6.95. The minimum Gasteiger partial charge on any atom is -0.489 e. The molecule has 5 heteroatoms. The molecule has 0 saturated heterocycles. The van der Waals surface area contributed by atoms with E-state index in [9.17, 15) is 0 Å². The van der Waals surface area contributed by atoms with E-state index in [-0.39, 0.29) is 6.61 Å². The van der Waals surface area contributed by atoms with Crippen LogP contribution in [0.5, 0.6) is 11.5 Å². The molecule has 0 fully saturated rings. The van der Waals surface area contributed by atoms with Crippen LogP contribution in [-0.2, 0) is 0 Å². The number of ether oxygens (including phenoxy) is 2. The van der Waals surface area contributed by atoms with Crippen molar-refractivity contribution in [3.05, 3.63) is 36.7 Å². The van der Waals surface area contributed by atoms with Crippen LogP contribution in [0.25, 0.3) is 22.4 Å². The Kier molecular flexibility index (Phi) is 3.92. The average molecular weight is 293 g/mol. The standard InChI is InChI=1S/C17H15N3O2/c1-3-10-22-15-7-5-6-12(16(15)21-4-2)17-19-13-8-9-18-11-14(13)20-17/h1,5-9,11H,4,10H2,2H3,(H,19,20). The lowest BCUT2D eigenvalue weighted by atomic mass is 10.1. The maximum absolute atomic E-state index is 5.75. The number of H-pyrrole nitrogens is 1. The zero-order valence-corrected chi connectivity index (χ0v) is 12.2. The molecule has 2 heterocycles. The number of benzene rings is 1. The molecule has 0 aliphatic carbocycles. The fourth-order valence-electron chi connectivity index (χ4n) is 2.21. The topological polar surface area (TPSA) is 60.0 Å². The Morgan fingerprint density at radius 1 is 1.27 bits per heavy atom. The van der Waals surface area contributed by atoms with Crippen LogP contribution in [0, 0.1) is 12.3 Å². The molecule has 1 N–H and O–H groups in total. The predicted molar refractivity (Wildman–Crippen MR) is 84.8 cm³/mol. The molecule has 2 aromatic heterocycles. The van der Waals surface area contributed by atoms with Crippen molar-refractivity contribution in [2.24, 2.45) is 0 Å². The van der Waals surface area contributed by atoms with E-state index in [1.54, 1.807) is 12.4 Å². The van der Waals surface area contributed by atoms with E-state index in [0.717, 1.165) is 16.6 Å². The number of rotatable bonds is 5. The number of nitrogens with zero attached hydrogens (tertiary/aromatic N) is 2. The monoisotopic (exact) mass is 293 g/mol. The zero-order valence-electron chi connectivity index (χ0n) is 12.2. The third-order valence-electron chi connectivity index (χ3n) is 3.12. The van der Waals surface area contributed by atoms with Crippen molar-refractivity contribution < 1.29 is 9.47 Å². The number of pyridine rings is 1. The summed E-state index contributed by atoms with van der Waals surface area (Å²) in [6, 6.07) is 7.50. The van der Waals surface area contributed by atoms with Crippen LogP contribution in [0.3, 0.4) is 0 Å². The highest BCUT2D eigenvalue weighted by Gasteiger charge is 2.15. The molecule has 0 unspecified atom stereocenters. The molecule has 1 aromatic carbocycles. The Bertz CT molecular complexity index is 800. The Morgan fingerprint density at radius 2 is 2.18 bits per heavy atom. The summed E-state index contributed by atoms with van der Waals surface area (Å²) in [5, 5.41) is 0. The summed E-state index contributed by atoms with van der Waals surface area (Å²) < 4.78 is 11.3. The van der Waals surface area contributed by atoms with Gasteiger partial charge < -0.3 is 14.5 Å². The molecular formula is C17H15N3O2. The summed E-state index contributed by atoms with van der Waals surface area (Å²) in [5.41, 5.74) is 2.55. The number of nitrogens with one attached hydrogen (secondary N) is 1. The number of hydrogen-bond acceptors (Lipinski definition) is 4. The highest BCUT2D eigenvalue weighted by molar-refractivity contribution is 5.80. The predicted octanol–water partition coefficient (Wildman–Crippen LogP) is 3.04. The lowest BCUT2D eigenvalue weighted by molar-refractivity contribution is 0.300. The summed E-state index contributed by atoms with van der Waals surface area (Å²) in [7, 11) is 0. The van der Waals surface area contributed by atoms with Crippen molar-refractivity contribution in [1.29, 1.82) is 0 Å². The van der Waals surface area contributed by atoms with Crippen molar-refractivity contribution in [2.75, 3.05) is 13.2 Å². The van der Waals surface area contributed by atoms with E-state index < -0.39 is 0 Å². The second-order valence-electron chi connectivity index (χ2n) is 4.54. The number of aromatic nitrogens is 3. The lowest BCUT2D eigenvalue weighted by Gasteiger charge is -2.13. The maximum atomic E-state index is 5.75. The first kappa shape index (κ1) is 14.0. The largest absolute Gasteiger partial charge is 0.489 e. The van der Waals surface area contributed by atoms with Crippen LogP contribution in [0.4, 0.5) is 0 Å². The second kappa shape index (κ2) is 6.19. The molecule has 0 amide bonds. The molecule has 5 nitrogen and oxygen atoms in total. The molecule has 3 rings (SSSR count). The summed E-state index contributed by atoms with van der Waals surface area (Å²) in [6.07, 6.45) is 8.71. The first-order valence-electron chi connectivity index (χ1n) is 6.95. The maximum Gasteiger partial charge on any atom is 0.172 e. The number of imidazole rings is 1. The first-order chi connectivity index (χ1) is 10.8. The minimum absolute atomic E-state index is 0.188. The summed E-state index contributed by atoms with van der Waals surface area (Å²) >= 11 is 0. The van der Waals surface area contributed by atoms with Crippen LogP contribution in [0.15, 0.2) is 36.7 Å². The van der Waals surface area contributed by atoms with E-state index in [4.69, 9.17) is 15.9 Å². The molecule has 0 aliphatic heterocycles. The van der Waals surface area contributed by atoms with Gasteiger partial charge in [0.1, 0.15) is 12.4 Å². The Morgan fingerprint density at radius 3 is 2.95 bits per heavy atom. The minimum atomic E-state index is 0.188. The Balaban J connectivity index is 2.10. The number of fused-ring (bicyclic) bond motifs is 1. The van der Waals surface area contributed by atoms with Crippen LogP contribution < -0.4 is 9.47 Å². The zero-order chi connectivity index (χ0) is 15.4. The fourth-order valence-corrected chi connectivity index (χ4v) is 2.21. The number of hydrogen-bond donors (Lipinski definition) is 1. The van der Waals surface area contributed by atoms with Crippen molar-refractivity contribution in [3.8, 4) is 35.2 Å².